The third kappa shape index (κ3) is 23.0. The molecule has 4 N–H and O–H groups in total. The molecule has 0 radical (unpaired) electrons. The van der Waals surface area contributed by atoms with Crippen LogP contribution in [0.5, 0.6) is 0 Å². The van der Waals surface area contributed by atoms with Gasteiger partial charge >= 0.3 is 0 Å². The maximum absolute atomic E-state index is 15.1. The quantitative estimate of drug-likeness (QED) is 0.122. The lowest BCUT2D eigenvalue weighted by Gasteiger charge is -2.39. The number of hydrogen-bond donors (Lipinski definition) is 4. The Morgan fingerprint density at radius 2 is 1.19 bits per heavy atom. The Morgan fingerprint density at radius 3 is 1.77 bits per heavy atom. The molecule has 2 heterocycles. The number of rotatable bonds is 12. The van der Waals surface area contributed by atoms with Gasteiger partial charge in [-0.3, -0.25) is 57.5 Å². The Labute approximate surface area is 572 Å². The number of nitrogens with zero attached hydrogens (tertiary/aromatic N) is 8. The Bertz CT molecular complexity index is 2680. The number of amides is 12. The molecule has 2 saturated heterocycles. The molecule has 0 aromatic rings. The molecule has 12 amide bonds. The van der Waals surface area contributed by atoms with Gasteiger partial charge in [0.1, 0.15) is 47.8 Å². The third-order valence-corrected chi connectivity index (χ3v) is 21.0. The van der Waals surface area contributed by atoms with Crippen LogP contribution < -0.4 is 21.3 Å². The molecule has 2 saturated carbocycles. The minimum Gasteiger partial charge on any atom is -0.343 e. The average molecular weight is 1440 g/mol. The highest BCUT2D eigenvalue weighted by Gasteiger charge is 2.45. The van der Waals surface area contributed by atoms with Crippen LogP contribution in [0.3, 0.4) is 0 Å². The van der Waals surface area contributed by atoms with E-state index in [2.05, 4.69) is 49.8 Å². The lowest BCUT2D eigenvalue weighted by Crippen LogP contribution is -2.63. The zero-order valence-corrected chi connectivity index (χ0v) is 61.1. The first kappa shape index (κ1) is 79.7. The van der Waals surface area contributed by atoms with E-state index < -0.39 is 151 Å². The Kier molecular flexibility index (Phi) is 31.6. The molecule has 4 fully saturated rings. The molecule has 2 unspecified atom stereocenters. The molecule has 4 aliphatic rings. The normalized spacial score (nSPS) is 29.2. The molecule has 93 heavy (non-hydrogen) atoms. The van der Waals surface area contributed by atoms with Crippen LogP contribution in [0.1, 0.15) is 171 Å². The number of hydrogen-bond acceptors (Lipinski definition) is 12. The van der Waals surface area contributed by atoms with Crippen LogP contribution in [0.25, 0.3) is 0 Å². The van der Waals surface area contributed by atoms with E-state index in [1.807, 2.05) is 34.6 Å². The molecule has 0 bridgehead atoms. The van der Waals surface area contributed by atoms with Gasteiger partial charge in [-0.1, -0.05) is 83.4 Å². The second-order valence-corrected chi connectivity index (χ2v) is 30.5. The summed E-state index contributed by atoms with van der Waals surface area (Å²) in [6.45, 7) is 13.2. The van der Waals surface area contributed by atoms with Crippen molar-refractivity contribution in [1.29, 1.82) is 0 Å². The van der Waals surface area contributed by atoms with Gasteiger partial charge in [-0.05, 0) is 127 Å². The van der Waals surface area contributed by atoms with Gasteiger partial charge in [0.05, 0.1) is 26.1 Å². The third-order valence-electron chi connectivity index (χ3n) is 19.5. The van der Waals surface area contributed by atoms with E-state index in [0.717, 1.165) is 41.9 Å². The molecule has 10 atom stereocenters. The van der Waals surface area contributed by atoms with Gasteiger partial charge in [0.15, 0.2) is 0 Å². The number of likely N-dealkylation sites (tertiary alicyclic amines) is 1. The highest BCUT2D eigenvalue weighted by atomic mass is 127. The van der Waals surface area contributed by atoms with E-state index in [4.69, 9.17) is 18.0 Å². The van der Waals surface area contributed by atoms with Crippen LogP contribution in [0.4, 0.5) is 0 Å². The molecule has 4 rings (SSSR count). The van der Waals surface area contributed by atoms with Gasteiger partial charge in [-0.25, -0.2) is 0 Å². The second-order valence-electron chi connectivity index (χ2n) is 28.2. The summed E-state index contributed by atoms with van der Waals surface area (Å²) >= 11 is 8.88. The summed E-state index contributed by atoms with van der Waals surface area (Å²) in [5, 5.41) is 11.4. The van der Waals surface area contributed by atoms with Crippen molar-refractivity contribution in [3.63, 3.8) is 0 Å². The fraction of sp³-hybridized carbons (Fsp3) is 0.791. The lowest BCUT2D eigenvalue weighted by molar-refractivity contribution is -0.152. The number of likely N-dealkylation sites (N-methyl/N-ethyl adjacent to an activating group) is 7. The summed E-state index contributed by atoms with van der Waals surface area (Å²) in [4.78, 5) is 186. The summed E-state index contributed by atoms with van der Waals surface area (Å²) in [6.07, 6.45) is 14.5. The number of terminal acetylenes is 1. The van der Waals surface area contributed by atoms with Crippen LogP contribution >= 0.6 is 34.2 Å². The van der Waals surface area contributed by atoms with E-state index in [1.54, 1.807) is 11.8 Å². The summed E-state index contributed by atoms with van der Waals surface area (Å²) in [7, 11) is 9.90. The first-order valence-electron chi connectivity index (χ1n) is 33.6. The van der Waals surface area contributed by atoms with Gasteiger partial charge < -0.3 is 60.5 Å². The van der Waals surface area contributed by atoms with Crippen molar-refractivity contribution in [1.82, 2.24) is 60.5 Å². The first-order chi connectivity index (χ1) is 43.5. The summed E-state index contributed by atoms with van der Waals surface area (Å²) in [5.74, 6) is -6.23. The monoisotopic (exact) mass is 1440 g/mol. The fourth-order valence-corrected chi connectivity index (χ4v) is 14.2. The van der Waals surface area contributed by atoms with Crippen molar-refractivity contribution in [2.24, 2.45) is 29.6 Å². The van der Waals surface area contributed by atoms with Crippen molar-refractivity contribution in [3.8, 4) is 12.3 Å². The maximum Gasteiger partial charge on any atom is 0.246 e. The minimum atomic E-state index is -1.73. The van der Waals surface area contributed by atoms with Crippen molar-refractivity contribution < 1.29 is 57.5 Å². The number of halogens is 2. The van der Waals surface area contributed by atoms with Crippen LogP contribution in [0, 0.1) is 41.9 Å². The summed E-state index contributed by atoms with van der Waals surface area (Å²) in [6, 6.07) is -8.74. The molecule has 2 aliphatic carbocycles. The van der Waals surface area contributed by atoms with Crippen LogP contribution in [-0.4, -0.2) is 249 Å². The average Bonchev–Trinajstić information content (AvgIpc) is 0.838. The maximum atomic E-state index is 15.1. The number of piperidine rings is 1. The number of carbonyl (C=O) groups is 12. The van der Waals surface area contributed by atoms with E-state index in [0.29, 0.717) is 62.0 Å². The number of carbonyl (C=O) groups excluding carboxylic acids is 12. The SMILES string of the molecule is C#CC[C@@H]1NC(=O)[C@H](CC2CCCC(I)C2)NC(=O)CN(C)C(=O)[C@H](CC2CCC(Cl)CC2)N(C)C(=O)CN(C)C(=O)CN(C)C(=O)[C@H]([C@@H](C)CC)NC(=O)[C@H](CC(C)C)N(C)C(=O)C[C@@H](C(=O)N2CCCCC2)N(C)C(=O)[C@H](CC(C)C)NC(=O)C(C)(C)N(C)C1=O. The van der Waals surface area contributed by atoms with Crippen molar-refractivity contribution in [2.45, 2.75) is 228 Å². The van der Waals surface area contributed by atoms with Gasteiger partial charge in [0.25, 0.3) is 0 Å². The van der Waals surface area contributed by atoms with Crippen LogP contribution in [0.15, 0.2) is 0 Å². The molecule has 524 valence electrons. The Balaban J connectivity index is 1.85. The molecule has 2 aliphatic heterocycles. The van der Waals surface area contributed by atoms with Crippen LogP contribution in [-0.2, 0) is 57.5 Å². The smallest absolute Gasteiger partial charge is 0.246 e. The highest BCUT2D eigenvalue weighted by molar-refractivity contribution is 14.1. The lowest BCUT2D eigenvalue weighted by atomic mass is 9.84. The fourth-order valence-electron chi connectivity index (χ4n) is 12.8. The van der Waals surface area contributed by atoms with Crippen molar-refractivity contribution in [3.05, 3.63) is 0 Å². The van der Waals surface area contributed by atoms with Crippen LogP contribution in [0.2, 0.25) is 0 Å². The standard InChI is InChI=1S/C67H110ClIN12O12/c1-17-23-48-62(89)80(16)67(8,9)66(93)72-50(32-41(3)4)61(88)79(15)53(64(91)81-30-20-19-21-31-81)37-55(83)77(13)51(33-42(5)6)60(87)73-58(43(7)18-2)65(92)76(12)39-56(84)74(10)40-57(85)78(14)52(36-44-26-28-46(68)29-27-44)63(90)75(11)38-54(82)70-49(59(86)71-48)35-45-24-22-25-47(69)34-45/h1,41-53,58H,18-40H2,2-16H3,(H,70,82)(H,71,86)(H,72,93)(H,73,87)/t43-,44?,45?,46?,47?,48-,49-,50-,51-,52-,53-,58-/m0/s1. The molecule has 24 nitrogen and oxygen atoms in total. The predicted molar refractivity (Wildman–Crippen MR) is 365 cm³/mol. The molecule has 0 spiro atoms. The predicted octanol–water partition coefficient (Wildman–Crippen LogP) is 4.17. The molecular weight excluding hydrogens is 1330 g/mol. The zero-order chi connectivity index (χ0) is 69.9. The molecular formula is C67H110ClIN12O12. The van der Waals surface area contributed by atoms with Crippen molar-refractivity contribution >= 4 is 105 Å². The largest absolute Gasteiger partial charge is 0.343 e. The molecule has 26 heteroatoms. The second kappa shape index (κ2) is 36.9. The number of alkyl halides is 2. The Hall–Kier alpha value is -5.78. The van der Waals surface area contributed by atoms with Gasteiger partial charge in [-0.15, -0.1) is 23.9 Å². The van der Waals surface area contributed by atoms with E-state index in [9.17, 15) is 52.7 Å². The van der Waals surface area contributed by atoms with E-state index >= 15 is 4.79 Å². The zero-order valence-electron chi connectivity index (χ0n) is 58.2. The minimum absolute atomic E-state index is 0.000959. The van der Waals surface area contributed by atoms with Gasteiger partial charge in [0.2, 0.25) is 70.9 Å². The Morgan fingerprint density at radius 1 is 0.602 bits per heavy atom. The van der Waals surface area contributed by atoms with Crippen molar-refractivity contribution in [2.75, 3.05) is 82.1 Å². The summed E-state index contributed by atoms with van der Waals surface area (Å²) in [5.41, 5.74) is -1.73. The number of nitrogens with one attached hydrogen (secondary N) is 4. The first-order valence-corrected chi connectivity index (χ1v) is 35.2. The topological polar surface area (TPSA) is 279 Å². The van der Waals surface area contributed by atoms with E-state index in [-0.39, 0.29) is 61.2 Å². The molecule has 0 aromatic carbocycles. The molecule has 0 aromatic heterocycles. The highest BCUT2D eigenvalue weighted by Crippen LogP contribution is 2.34. The summed E-state index contributed by atoms with van der Waals surface area (Å²) < 4.78 is 0.317. The van der Waals surface area contributed by atoms with Gasteiger partial charge in [-0.2, -0.15) is 0 Å². The van der Waals surface area contributed by atoms with E-state index in [1.165, 1.54) is 87.7 Å². The van der Waals surface area contributed by atoms with Gasteiger partial charge in [0, 0.05) is 78.1 Å².